The Hall–Kier alpha value is -8.48. The van der Waals surface area contributed by atoms with Crippen molar-refractivity contribution >= 4 is 43.7 Å². The molecule has 12 rings (SSSR count). The molecule has 4 heterocycles. The van der Waals surface area contributed by atoms with Gasteiger partial charge in [0.2, 0.25) is 0 Å². The summed E-state index contributed by atoms with van der Waals surface area (Å²) < 4.78 is 4.70. The van der Waals surface area contributed by atoms with E-state index in [-0.39, 0.29) is 0 Å². The van der Waals surface area contributed by atoms with Gasteiger partial charge in [-0.05, 0) is 60.2 Å². The number of para-hydroxylation sites is 3. The normalized spacial score (nSPS) is 11.5. The van der Waals surface area contributed by atoms with E-state index in [0.717, 1.165) is 77.9 Å². The molecule has 4 aromatic heterocycles. The summed E-state index contributed by atoms with van der Waals surface area (Å²) >= 11 is 0. The van der Waals surface area contributed by atoms with Crippen molar-refractivity contribution in [3.05, 3.63) is 218 Å². The molecule has 0 spiro atoms. The average molecular weight is 793 g/mol. The second kappa shape index (κ2) is 14.7. The van der Waals surface area contributed by atoms with Crippen LogP contribution in [0.3, 0.4) is 0 Å². The first-order valence-corrected chi connectivity index (χ1v) is 20.8. The Morgan fingerprint density at radius 1 is 0.290 bits per heavy atom. The Balaban J connectivity index is 1.05. The molecule has 0 N–H and O–H groups in total. The third kappa shape index (κ3) is 5.96. The van der Waals surface area contributed by atoms with E-state index in [2.05, 4.69) is 167 Å². The van der Waals surface area contributed by atoms with Crippen LogP contribution in [0.4, 0.5) is 0 Å². The molecule has 12 aromatic rings. The lowest BCUT2D eigenvalue weighted by molar-refractivity contribution is 1.07. The van der Waals surface area contributed by atoms with Crippen LogP contribution in [0.2, 0.25) is 0 Å². The molecule has 0 saturated heterocycles. The maximum Gasteiger partial charge on any atom is 0.164 e. The summed E-state index contributed by atoms with van der Waals surface area (Å²) in [4.78, 5) is 20.6. The van der Waals surface area contributed by atoms with Gasteiger partial charge in [-0.15, -0.1) is 0 Å². The van der Waals surface area contributed by atoms with Gasteiger partial charge in [0.15, 0.2) is 17.5 Å². The number of nitrogens with zero attached hydrogens (tertiary/aromatic N) is 6. The zero-order valence-corrected chi connectivity index (χ0v) is 33.5. The SMILES string of the molecule is c1ccc(-c2nc(-c3ccccc3)nc(-c3cccc(-n4c5ccc(-c6ccc7c(c6)c6ccccc6n7-c6ccccc6)nc5c5cccc(-c6ccccc6)c54)c3)n2)cc1. The number of hydrogen-bond acceptors (Lipinski definition) is 4. The Kier molecular flexibility index (Phi) is 8.38. The minimum absolute atomic E-state index is 0.605. The molecule has 0 aliphatic heterocycles. The third-order valence-electron chi connectivity index (χ3n) is 11.8. The zero-order valence-electron chi connectivity index (χ0n) is 33.5. The predicted molar refractivity (Wildman–Crippen MR) is 253 cm³/mol. The van der Waals surface area contributed by atoms with Crippen molar-refractivity contribution in [3.63, 3.8) is 0 Å². The van der Waals surface area contributed by atoms with Crippen molar-refractivity contribution in [2.45, 2.75) is 0 Å². The van der Waals surface area contributed by atoms with E-state index in [0.29, 0.717) is 17.5 Å². The van der Waals surface area contributed by atoms with Crippen molar-refractivity contribution in [2.24, 2.45) is 0 Å². The van der Waals surface area contributed by atoms with Gasteiger partial charge < -0.3 is 9.13 Å². The second-order valence-electron chi connectivity index (χ2n) is 15.5. The molecule has 0 aliphatic rings. The second-order valence-corrected chi connectivity index (χ2v) is 15.5. The number of fused-ring (bicyclic) bond motifs is 6. The van der Waals surface area contributed by atoms with Gasteiger partial charge in [-0.2, -0.15) is 0 Å². The lowest BCUT2D eigenvalue weighted by Crippen LogP contribution is -2.01. The smallest absolute Gasteiger partial charge is 0.164 e. The van der Waals surface area contributed by atoms with E-state index in [4.69, 9.17) is 19.9 Å². The molecule has 6 nitrogen and oxygen atoms in total. The summed E-state index contributed by atoms with van der Waals surface area (Å²) in [5, 5.41) is 3.48. The zero-order chi connectivity index (χ0) is 41.0. The van der Waals surface area contributed by atoms with Gasteiger partial charge in [0.05, 0.1) is 33.3 Å². The lowest BCUT2D eigenvalue weighted by Gasteiger charge is -2.13. The third-order valence-corrected chi connectivity index (χ3v) is 11.8. The van der Waals surface area contributed by atoms with Gasteiger partial charge in [0.25, 0.3) is 0 Å². The Morgan fingerprint density at radius 2 is 0.823 bits per heavy atom. The van der Waals surface area contributed by atoms with Crippen molar-refractivity contribution in [1.82, 2.24) is 29.1 Å². The van der Waals surface area contributed by atoms with Crippen molar-refractivity contribution in [2.75, 3.05) is 0 Å². The van der Waals surface area contributed by atoms with E-state index in [1.54, 1.807) is 0 Å². The molecule has 0 fully saturated rings. The van der Waals surface area contributed by atoms with Crippen LogP contribution in [0.25, 0.3) is 112 Å². The van der Waals surface area contributed by atoms with Crippen LogP contribution >= 0.6 is 0 Å². The van der Waals surface area contributed by atoms with Crippen LogP contribution in [-0.2, 0) is 0 Å². The van der Waals surface area contributed by atoms with E-state index in [9.17, 15) is 0 Å². The Labute approximate surface area is 357 Å². The van der Waals surface area contributed by atoms with E-state index in [1.165, 1.54) is 16.3 Å². The van der Waals surface area contributed by atoms with Crippen LogP contribution in [0, 0.1) is 0 Å². The standard InChI is InChI=1S/C56H36N6/c1-5-17-37(18-6-1)44-28-16-29-46-52-51(34-32-48(57-52)40-31-33-50-47(36-40)45-27-13-14-30-49(45)61(50)42-24-11-4-12-25-42)62(53(44)46)43-26-15-23-41(35-43)56-59-54(38-19-7-2-8-20-38)58-55(60-56)39-21-9-3-10-22-39/h1-36H. The van der Waals surface area contributed by atoms with Gasteiger partial charge in [-0.1, -0.05) is 164 Å². The summed E-state index contributed by atoms with van der Waals surface area (Å²) in [7, 11) is 0. The van der Waals surface area contributed by atoms with Crippen molar-refractivity contribution in [3.8, 4) is 67.9 Å². The highest BCUT2D eigenvalue weighted by molar-refractivity contribution is 6.13. The largest absolute Gasteiger partial charge is 0.309 e. The van der Waals surface area contributed by atoms with Crippen molar-refractivity contribution in [1.29, 1.82) is 0 Å². The van der Waals surface area contributed by atoms with Gasteiger partial charge in [0, 0.05) is 55.4 Å². The van der Waals surface area contributed by atoms with Crippen LogP contribution in [0.5, 0.6) is 0 Å². The Bertz CT molecular complexity index is 3560. The predicted octanol–water partition coefficient (Wildman–Crippen LogP) is 13.8. The molecular formula is C56H36N6. The highest BCUT2D eigenvalue weighted by Gasteiger charge is 2.21. The quantitative estimate of drug-likeness (QED) is 0.161. The van der Waals surface area contributed by atoms with Crippen LogP contribution in [0.1, 0.15) is 0 Å². The van der Waals surface area contributed by atoms with Crippen LogP contribution < -0.4 is 0 Å². The number of aromatic nitrogens is 6. The number of rotatable bonds is 7. The fourth-order valence-corrected chi connectivity index (χ4v) is 8.92. The Morgan fingerprint density at radius 3 is 1.53 bits per heavy atom. The first-order valence-electron chi connectivity index (χ1n) is 20.8. The highest BCUT2D eigenvalue weighted by Crippen LogP contribution is 2.40. The fraction of sp³-hybridized carbons (Fsp3) is 0. The minimum Gasteiger partial charge on any atom is -0.309 e. The van der Waals surface area contributed by atoms with Crippen LogP contribution in [0.15, 0.2) is 218 Å². The van der Waals surface area contributed by atoms with Crippen LogP contribution in [-0.4, -0.2) is 29.1 Å². The minimum atomic E-state index is 0.605. The number of pyridine rings is 1. The fourth-order valence-electron chi connectivity index (χ4n) is 8.92. The highest BCUT2D eigenvalue weighted by atomic mass is 15.0. The molecule has 0 saturated carbocycles. The van der Waals surface area contributed by atoms with E-state index >= 15 is 0 Å². The summed E-state index contributed by atoms with van der Waals surface area (Å²) in [5.74, 6) is 1.86. The van der Waals surface area contributed by atoms with Gasteiger partial charge in [0.1, 0.15) is 0 Å². The number of benzene rings is 8. The van der Waals surface area contributed by atoms with E-state index in [1.807, 2.05) is 60.7 Å². The monoisotopic (exact) mass is 792 g/mol. The molecule has 62 heavy (non-hydrogen) atoms. The molecule has 0 unspecified atom stereocenters. The maximum atomic E-state index is 5.52. The molecule has 0 atom stereocenters. The average Bonchev–Trinajstić information content (AvgIpc) is 3.87. The van der Waals surface area contributed by atoms with Crippen molar-refractivity contribution < 1.29 is 0 Å². The van der Waals surface area contributed by atoms with Gasteiger partial charge in [-0.3, -0.25) is 0 Å². The molecule has 0 amide bonds. The molecule has 0 aliphatic carbocycles. The number of hydrogen-bond donors (Lipinski definition) is 0. The lowest BCUT2D eigenvalue weighted by atomic mass is 10.0. The molecule has 8 aromatic carbocycles. The first kappa shape index (κ1) is 35.5. The summed E-state index contributed by atoms with van der Waals surface area (Å²) in [6, 6.07) is 76.2. The molecule has 0 bridgehead atoms. The van der Waals surface area contributed by atoms with E-state index < -0.39 is 0 Å². The van der Waals surface area contributed by atoms with Gasteiger partial charge in [-0.25, -0.2) is 19.9 Å². The molecule has 6 heteroatoms. The van der Waals surface area contributed by atoms with Gasteiger partial charge >= 0.3 is 0 Å². The maximum absolute atomic E-state index is 5.52. The first-order chi connectivity index (χ1) is 30.7. The molecular weight excluding hydrogens is 757 g/mol. The topological polar surface area (TPSA) is 61.4 Å². The summed E-state index contributed by atoms with van der Waals surface area (Å²) in [5.41, 5.74) is 14.5. The summed E-state index contributed by atoms with van der Waals surface area (Å²) in [6.07, 6.45) is 0. The summed E-state index contributed by atoms with van der Waals surface area (Å²) in [6.45, 7) is 0. The molecule has 0 radical (unpaired) electrons. The molecule has 290 valence electrons.